The predicted molar refractivity (Wildman–Crippen MR) is 157 cm³/mol. The molecule has 0 saturated heterocycles. The number of rotatable bonds is 11. The minimum atomic E-state index is -1.04. The van der Waals surface area contributed by atoms with Crippen molar-refractivity contribution in [2.45, 2.75) is 56.8 Å². The van der Waals surface area contributed by atoms with Crippen molar-refractivity contribution in [1.82, 2.24) is 10.2 Å². The largest absolute Gasteiger partial charge is 0.496 e. The van der Waals surface area contributed by atoms with Crippen LogP contribution in [0, 0.1) is 9.49 Å². The third-order valence-corrected chi connectivity index (χ3v) is 8.41. The van der Waals surface area contributed by atoms with Gasteiger partial charge >= 0.3 is 0 Å². The minimum absolute atomic E-state index is 0.0107. The summed E-state index contributed by atoms with van der Waals surface area (Å²) in [7, 11) is 1.63. The van der Waals surface area contributed by atoms with Crippen LogP contribution in [0.2, 0.25) is 0 Å². The highest BCUT2D eigenvalue weighted by Gasteiger charge is 2.42. The fourth-order valence-electron chi connectivity index (χ4n) is 5.46. The van der Waals surface area contributed by atoms with Gasteiger partial charge in [-0.05, 0) is 71.7 Å². The first-order valence-electron chi connectivity index (χ1n) is 13.5. The average molecular weight is 649 g/mol. The van der Waals surface area contributed by atoms with Crippen molar-refractivity contribution in [3.05, 3.63) is 69.3 Å². The predicted octanol–water partition coefficient (Wildman–Crippen LogP) is 3.48. The summed E-state index contributed by atoms with van der Waals surface area (Å²) in [5.74, 6) is 0.921. The first-order valence-corrected chi connectivity index (χ1v) is 14.6. The molecule has 39 heavy (non-hydrogen) atoms. The second-order valence-corrected chi connectivity index (χ2v) is 11.2. The highest BCUT2D eigenvalue weighted by atomic mass is 127. The van der Waals surface area contributed by atoms with Crippen LogP contribution in [0.25, 0.3) is 0 Å². The monoisotopic (exact) mass is 648 g/mol. The lowest BCUT2D eigenvalue weighted by Crippen LogP contribution is -2.56. The number of nitrogens with zero attached hydrogens (tertiary/aromatic N) is 1. The van der Waals surface area contributed by atoms with Crippen LogP contribution in [0.15, 0.2) is 60.2 Å². The van der Waals surface area contributed by atoms with E-state index < -0.39 is 18.2 Å². The Labute approximate surface area is 243 Å². The van der Waals surface area contributed by atoms with Gasteiger partial charge in [0.1, 0.15) is 23.7 Å². The number of benzene rings is 2. The lowest BCUT2D eigenvalue weighted by Gasteiger charge is -2.41. The van der Waals surface area contributed by atoms with E-state index in [0.29, 0.717) is 24.3 Å². The number of ether oxygens (including phenoxy) is 2. The van der Waals surface area contributed by atoms with Gasteiger partial charge in [0.15, 0.2) is 0 Å². The molecular formula is C30H37IN2O6. The van der Waals surface area contributed by atoms with Crippen LogP contribution in [0.1, 0.15) is 37.7 Å². The molecule has 2 aliphatic rings. The van der Waals surface area contributed by atoms with E-state index in [2.05, 4.69) is 27.9 Å². The number of nitrogens with one attached hydrogen (secondary N) is 1. The topological polar surface area (TPSA) is 108 Å². The summed E-state index contributed by atoms with van der Waals surface area (Å²) in [6.07, 6.45) is 4.18. The summed E-state index contributed by atoms with van der Waals surface area (Å²) >= 11 is 2.17. The summed E-state index contributed by atoms with van der Waals surface area (Å²) in [5.41, 5.74) is 1.40. The normalized spacial score (nSPS) is 21.2. The molecule has 210 valence electrons. The zero-order valence-corrected chi connectivity index (χ0v) is 24.4. The summed E-state index contributed by atoms with van der Waals surface area (Å²) in [4.78, 5) is 28.7. The molecule has 3 unspecified atom stereocenters. The van der Waals surface area contributed by atoms with Crippen LogP contribution in [0.4, 0.5) is 0 Å². The molecule has 2 aromatic rings. The van der Waals surface area contributed by atoms with Gasteiger partial charge in [-0.3, -0.25) is 9.59 Å². The lowest BCUT2D eigenvalue weighted by molar-refractivity contribution is -0.142. The lowest BCUT2D eigenvalue weighted by atomic mass is 9.87. The molecule has 0 aromatic heterocycles. The van der Waals surface area contributed by atoms with Gasteiger partial charge in [-0.25, -0.2) is 0 Å². The summed E-state index contributed by atoms with van der Waals surface area (Å²) < 4.78 is 12.7. The van der Waals surface area contributed by atoms with E-state index in [-0.39, 0.29) is 37.3 Å². The standard InChI is InChI=1S/C30H37IN2O6/c1-38-25-12-6-4-8-20(25)14-16-33(30(37)21-9-2-3-10-21)24-18-22(29(36)32-15-17-34)19-27(28(24)35)39-26-13-7-5-11-23(26)31/h4-8,11-13,19,21,24,27-28,34-35H,2-3,9-10,14-18H2,1H3,(H,32,36). The Morgan fingerprint density at radius 1 is 1.08 bits per heavy atom. The van der Waals surface area contributed by atoms with E-state index >= 15 is 0 Å². The molecule has 8 nitrogen and oxygen atoms in total. The van der Waals surface area contributed by atoms with Crippen molar-refractivity contribution in [3.8, 4) is 11.5 Å². The van der Waals surface area contributed by atoms with Gasteiger partial charge in [-0.2, -0.15) is 0 Å². The highest BCUT2D eigenvalue weighted by molar-refractivity contribution is 14.1. The molecule has 2 aromatic carbocycles. The smallest absolute Gasteiger partial charge is 0.247 e. The Morgan fingerprint density at radius 2 is 1.77 bits per heavy atom. The molecule has 0 heterocycles. The summed E-state index contributed by atoms with van der Waals surface area (Å²) in [6, 6.07) is 14.5. The molecule has 0 spiro atoms. The molecule has 0 radical (unpaired) electrons. The average Bonchev–Trinajstić information content (AvgIpc) is 3.50. The number of hydrogen-bond acceptors (Lipinski definition) is 6. The van der Waals surface area contributed by atoms with Crippen molar-refractivity contribution in [2.24, 2.45) is 5.92 Å². The van der Waals surface area contributed by atoms with Gasteiger partial charge < -0.3 is 29.9 Å². The molecular weight excluding hydrogens is 611 g/mol. The molecule has 2 aliphatic carbocycles. The van der Waals surface area contributed by atoms with Gasteiger partial charge in [-0.1, -0.05) is 43.2 Å². The molecule has 9 heteroatoms. The molecule has 0 aliphatic heterocycles. The van der Waals surface area contributed by atoms with Crippen LogP contribution in [-0.2, 0) is 16.0 Å². The maximum atomic E-state index is 13.9. The minimum Gasteiger partial charge on any atom is -0.496 e. The number of carbonyl (C=O) groups is 2. The van der Waals surface area contributed by atoms with Crippen molar-refractivity contribution in [3.63, 3.8) is 0 Å². The second kappa shape index (κ2) is 14.1. The van der Waals surface area contributed by atoms with E-state index in [1.165, 1.54) is 0 Å². The van der Waals surface area contributed by atoms with Gasteiger partial charge in [0, 0.05) is 31.0 Å². The summed E-state index contributed by atoms with van der Waals surface area (Å²) in [5, 5.41) is 23.6. The third-order valence-electron chi connectivity index (χ3n) is 7.52. The van der Waals surface area contributed by atoms with Gasteiger partial charge in [0.2, 0.25) is 11.8 Å². The Hall–Kier alpha value is -2.63. The number of carbonyl (C=O) groups excluding carboxylic acids is 2. The van der Waals surface area contributed by atoms with E-state index in [1.54, 1.807) is 18.1 Å². The van der Waals surface area contributed by atoms with Crippen LogP contribution in [0.3, 0.4) is 0 Å². The third kappa shape index (κ3) is 7.32. The van der Waals surface area contributed by atoms with Crippen molar-refractivity contribution in [1.29, 1.82) is 0 Å². The molecule has 2 amide bonds. The van der Waals surface area contributed by atoms with Crippen LogP contribution in [-0.4, -0.2) is 72.0 Å². The van der Waals surface area contributed by atoms with E-state index in [4.69, 9.17) is 9.47 Å². The number of methoxy groups -OCH3 is 1. The number of para-hydroxylation sites is 2. The van der Waals surface area contributed by atoms with Gasteiger partial charge in [0.05, 0.1) is 23.3 Å². The van der Waals surface area contributed by atoms with Crippen LogP contribution < -0.4 is 14.8 Å². The maximum Gasteiger partial charge on any atom is 0.247 e. The first kappa shape index (κ1) is 29.4. The Morgan fingerprint density at radius 3 is 2.46 bits per heavy atom. The van der Waals surface area contributed by atoms with Crippen molar-refractivity contribution in [2.75, 3.05) is 26.8 Å². The summed E-state index contributed by atoms with van der Waals surface area (Å²) in [6.45, 7) is 0.307. The van der Waals surface area contributed by atoms with E-state index in [0.717, 1.165) is 40.6 Å². The quantitative estimate of drug-likeness (QED) is 0.323. The van der Waals surface area contributed by atoms with E-state index in [1.807, 2.05) is 48.5 Å². The Balaban J connectivity index is 1.66. The molecule has 3 atom stereocenters. The number of aliphatic hydroxyl groups is 2. The highest BCUT2D eigenvalue weighted by Crippen LogP contribution is 2.33. The van der Waals surface area contributed by atoms with Gasteiger partial charge in [0.25, 0.3) is 0 Å². The molecule has 0 bridgehead atoms. The van der Waals surface area contributed by atoms with Crippen LogP contribution in [0.5, 0.6) is 11.5 Å². The maximum absolute atomic E-state index is 13.9. The molecule has 4 rings (SSSR count). The fraction of sp³-hybridized carbons (Fsp3) is 0.467. The Bertz CT molecular complexity index is 1170. The van der Waals surface area contributed by atoms with E-state index in [9.17, 15) is 19.8 Å². The number of halogens is 1. The SMILES string of the molecule is COc1ccccc1CCN(C(=O)C1CCCC1)C1CC(C(=O)NCCO)=CC(Oc2ccccc2I)C1O. The number of hydrogen-bond donors (Lipinski definition) is 3. The molecule has 3 N–H and O–H groups in total. The molecule has 1 saturated carbocycles. The number of amides is 2. The van der Waals surface area contributed by atoms with Crippen molar-refractivity contribution >= 4 is 34.4 Å². The first-order chi connectivity index (χ1) is 18.9. The zero-order chi connectivity index (χ0) is 27.8. The molecule has 1 fully saturated rings. The zero-order valence-electron chi connectivity index (χ0n) is 22.2. The van der Waals surface area contributed by atoms with Gasteiger partial charge in [-0.15, -0.1) is 0 Å². The fourth-order valence-corrected chi connectivity index (χ4v) is 5.98. The number of aliphatic hydroxyl groups excluding tert-OH is 2. The second-order valence-electron chi connectivity index (χ2n) is 10.0. The van der Waals surface area contributed by atoms with Crippen molar-refractivity contribution < 1.29 is 29.3 Å². The van der Waals surface area contributed by atoms with Crippen LogP contribution >= 0.6 is 22.6 Å². The Kier molecular flexibility index (Phi) is 10.6.